The minimum absolute atomic E-state index is 0.0210. The SMILES string of the molecule is CC(CO)N(C)C(=O)CCCc1cccs1. The van der Waals surface area contributed by atoms with E-state index in [2.05, 4.69) is 11.4 Å². The molecule has 3 nitrogen and oxygen atoms in total. The van der Waals surface area contributed by atoms with Gasteiger partial charge in [-0.3, -0.25) is 4.79 Å². The number of aliphatic hydroxyl groups excluding tert-OH is 1. The van der Waals surface area contributed by atoms with Crippen molar-refractivity contribution < 1.29 is 9.90 Å². The van der Waals surface area contributed by atoms with Gasteiger partial charge in [0.25, 0.3) is 0 Å². The highest BCUT2D eigenvalue weighted by Crippen LogP contribution is 2.12. The monoisotopic (exact) mass is 241 g/mol. The Morgan fingerprint density at radius 1 is 1.62 bits per heavy atom. The van der Waals surface area contributed by atoms with Crippen molar-refractivity contribution in [3.8, 4) is 0 Å². The zero-order chi connectivity index (χ0) is 12.0. The van der Waals surface area contributed by atoms with Crippen molar-refractivity contribution >= 4 is 17.2 Å². The van der Waals surface area contributed by atoms with E-state index in [0.29, 0.717) is 6.42 Å². The predicted molar refractivity (Wildman–Crippen MR) is 66.6 cm³/mol. The molecule has 0 aliphatic rings. The van der Waals surface area contributed by atoms with Crippen LogP contribution in [0.3, 0.4) is 0 Å². The van der Waals surface area contributed by atoms with Crippen LogP contribution in [0, 0.1) is 0 Å². The van der Waals surface area contributed by atoms with E-state index in [9.17, 15) is 4.79 Å². The average molecular weight is 241 g/mol. The summed E-state index contributed by atoms with van der Waals surface area (Å²) in [6.45, 7) is 1.87. The Labute approximate surface area is 101 Å². The van der Waals surface area contributed by atoms with Gasteiger partial charge in [0.2, 0.25) is 5.91 Å². The maximum Gasteiger partial charge on any atom is 0.222 e. The molecule has 0 bridgehead atoms. The van der Waals surface area contributed by atoms with Crippen LogP contribution in [0.25, 0.3) is 0 Å². The van der Waals surface area contributed by atoms with Crippen LogP contribution in [0.1, 0.15) is 24.6 Å². The first-order chi connectivity index (χ1) is 7.65. The number of hydrogen-bond acceptors (Lipinski definition) is 3. The van der Waals surface area contributed by atoms with Gasteiger partial charge in [0.15, 0.2) is 0 Å². The number of nitrogens with zero attached hydrogens (tertiary/aromatic N) is 1. The van der Waals surface area contributed by atoms with E-state index in [1.807, 2.05) is 13.0 Å². The van der Waals surface area contributed by atoms with E-state index >= 15 is 0 Å². The predicted octanol–water partition coefficient (Wildman–Crippen LogP) is 1.91. The molecule has 1 unspecified atom stereocenters. The van der Waals surface area contributed by atoms with E-state index in [1.54, 1.807) is 23.3 Å². The highest BCUT2D eigenvalue weighted by molar-refractivity contribution is 7.09. The topological polar surface area (TPSA) is 40.5 Å². The van der Waals surface area contributed by atoms with Crippen LogP contribution in [0.5, 0.6) is 0 Å². The second-order valence-electron chi connectivity index (χ2n) is 3.97. The lowest BCUT2D eigenvalue weighted by Crippen LogP contribution is -2.37. The number of hydrogen-bond donors (Lipinski definition) is 1. The van der Waals surface area contributed by atoms with Gasteiger partial charge in [0.1, 0.15) is 0 Å². The molecule has 1 rings (SSSR count). The molecule has 1 aromatic rings. The lowest BCUT2D eigenvalue weighted by atomic mass is 10.2. The lowest BCUT2D eigenvalue weighted by molar-refractivity contribution is -0.132. The van der Waals surface area contributed by atoms with Crippen LogP contribution in [0.2, 0.25) is 0 Å². The Morgan fingerprint density at radius 3 is 2.94 bits per heavy atom. The third-order valence-corrected chi connectivity index (χ3v) is 3.65. The van der Waals surface area contributed by atoms with E-state index in [-0.39, 0.29) is 18.6 Å². The fourth-order valence-electron chi connectivity index (χ4n) is 1.41. The first-order valence-electron chi connectivity index (χ1n) is 5.54. The van der Waals surface area contributed by atoms with Crippen molar-refractivity contribution in [2.45, 2.75) is 32.2 Å². The van der Waals surface area contributed by atoms with Gasteiger partial charge in [-0.15, -0.1) is 11.3 Å². The van der Waals surface area contributed by atoms with Gasteiger partial charge < -0.3 is 10.0 Å². The second kappa shape index (κ2) is 6.66. The number of carbonyl (C=O) groups excluding carboxylic acids is 1. The number of aryl methyl sites for hydroxylation is 1. The summed E-state index contributed by atoms with van der Waals surface area (Å²) >= 11 is 1.73. The van der Waals surface area contributed by atoms with E-state index in [4.69, 9.17) is 5.11 Å². The van der Waals surface area contributed by atoms with Crippen molar-refractivity contribution in [2.24, 2.45) is 0 Å². The molecule has 1 aromatic heterocycles. The van der Waals surface area contributed by atoms with Gasteiger partial charge in [-0.05, 0) is 31.2 Å². The van der Waals surface area contributed by atoms with Crippen LogP contribution < -0.4 is 0 Å². The second-order valence-corrected chi connectivity index (χ2v) is 5.00. The standard InChI is InChI=1S/C12H19NO2S/c1-10(9-14)13(2)12(15)7-3-5-11-6-4-8-16-11/h4,6,8,10,14H,3,5,7,9H2,1-2H3. The van der Waals surface area contributed by atoms with Crippen LogP contribution in [-0.4, -0.2) is 35.6 Å². The summed E-state index contributed by atoms with van der Waals surface area (Å²) in [6.07, 6.45) is 2.39. The number of aliphatic hydroxyl groups is 1. The molecule has 1 atom stereocenters. The van der Waals surface area contributed by atoms with E-state index < -0.39 is 0 Å². The summed E-state index contributed by atoms with van der Waals surface area (Å²) in [5.74, 6) is 0.109. The first-order valence-corrected chi connectivity index (χ1v) is 6.42. The molecule has 0 radical (unpaired) electrons. The molecule has 0 saturated heterocycles. The lowest BCUT2D eigenvalue weighted by Gasteiger charge is -2.23. The summed E-state index contributed by atoms with van der Waals surface area (Å²) in [4.78, 5) is 14.6. The van der Waals surface area contributed by atoms with Gasteiger partial charge in [-0.25, -0.2) is 0 Å². The fraction of sp³-hybridized carbons (Fsp3) is 0.583. The summed E-state index contributed by atoms with van der Waals surface area (Å²) in [5, 5.41) is 11.0. The molecule has 0 aliphatic heterocycles. The fourth-order valence-corrected chi connectivity index (χ4v) is 2.16. The van der Waals surface area contributed by atoms with Gasteiger partial charge in [-0.2, -0.15) is 0 Å². The molecule has 0 aliphatic carbocycles. The van der Waals surface area contributed by atoms with Gasteiger partial charge in [0.05, 0.1) is 12.6 Å². The highest BCUT2D eigenvalue weighted by atomic mass is 32.1. The molecule has 4 heteroatoms. The Bertz CT molecular complexity index is 311. The first kappa shape index (κ1) is 13.2. The minimum atomic E-state index is -0.0887. The zero-order valence-electron chi connectivity index (χ0n) is 9.85. The Kier molecular flexibility index (Phi) is 5.49. The highest BCUT2D eigenvalue weighted by Gasteiger charge is 2.13. The van der Waals surface area contributed by atoms with E-state index in [0.717, 1.165) is 12.8 Å². The van der Waals surface area contributed by atoms with Crippen LogP contribution >= 0.6 is 11.3 Å². The van der Waals surface area contributed by atoms with Crippen molar-refractivity contribution in [1.82, 2.24) is 4.90 Å². The van der Waals surface area contributed by atoms with Crippen LogP contribution in [0.15, 0.2) is 17.5 Å². The zero-order valence-corrected chi connectivity index (χ0v) is 10.7. The van der Waals surface area contributed by atoms with Crippen molar-refractivity contribution in [3.63, 3.8) is 0 Å². The Morgan fingerprint density at radius 2 is 2.38 bits per heavy atom. The third kappa shape index (κ3) is 3.94. The van der Waals surface area contributed by atoms with Crippen LogP contribution in [0.4, 0.5) is 0 Å². The maximum absolute atomic E-state index is 11.7. The van der Waals surface area contributed by atoms with Gasteiger partial charge in [0, 0.05) is 18.3 Å². The summed E-state index contributed by atoms with van der Waals surface area (Å²) in [5.41, 5.74) is 0. The van der Waals surface area contributed by atoms with E-state index in [1.165, 1.54) is 4.88 Å². The minimum Gasteiger partial charge on any atom is -0.394 e. The maximum atomic E-state index is 11.7. The molecule has 1 heterocycles. The third-order valence-electron chi connectivity index (χ3n) is 2.71. The Balaban J connectivity index is 2.24. The van der Waals surface area contributed by atoms with Crippen molar-refractivity contribution in [1.29, 1.82) is 0 Å². The molecule has 90 valence electrons. The smallest absolute Gasteiger partial charge is 0.222 e. The molecule has 0 saturated carbocycles. The quantitative estimate of drug-likeness (QED) is 0.826. The normalized spacial score (nSPS) is 12.4. The number of likely N-dealkylation sites (N-methyl/N-ethyl adjacent to an activating group) is 1. The van der Waals surface area contributed by atoms with Gasteiger partial charge >= 0.3 is 0 Å². The number of amides is 1. The number of rotatable bonds is 6. The molecule has 0 fully saturated rings. The van der Waals surface area contributed by atoms with Crippen LogP contribution in [-0.2, 0) is 11.2 Å². The molecule has 16 heavy (non-hydrogen) atoms. The molecular formula is C12H19NO2S. The molecule has 0 spiro atoms. The molecule has 1 N–H and O–H groups in total. The Hall–Kier alpha value is -0.870. The summed E-state index contributed by atoms with van der Waals surface area (Å²) in [7, 11) is 1.74. The molecule has 0 aromatic carbocycles. The largest absolute Gasteiger partial charge is 0.394 e. The average Bonchev–Trinajstić information content (AvgIpc) is 2.79. The number of thiophene rings is 1. The summed E-state index contributed by atoms with van der Waals surface area (Å²) in [6, 6.07) is 4.03. The van der Waals surface area contributed by atoms with Crippen molar-refractivity contribution in [2.75, 3.05) is 13.7 Å². The molecular weight excluding hydrogens is 222 g/mol. The molecule has 1 amide bonds. The number of carbonyl (C=O) groups is 1. The summed E-state index contributed by atoms with van der Waals surface area (Å²) < 4.78 is 0. The van der Waals surface area contributed by atoms with Gasteiger partial charge in [-0.1, -0.05) is 6.07 Å². The van der Waals surface area contributed by atoms with Crippen molar-refractivity contribution in [3.05, 3.63) is 22.4 Å².